The van der Waals surface area contributed by atoms with Crippen molar-refractivity contribution in [2.75, 3.05) is 18.5 Å². The fourth-order valence-corrected chi connectivity index (χ4v) is 3.14. The molecule has 3 rings (SSSR count). The molecule has 0 fully saturated rings. The monoisotopic (exact) mass is 310 g/mol. The summed E-state index contributed by atoms with van der Waals surface area (Å²) in [4.78, 5) is 11.9. The minimum Gasteiger partial charge on any atom is -0.490 e. The Hall–Kier alpha value is -2.36. The Labute approximate surface area is 136 Å². The van der Waals surface area contributed by atoms with Crippen molar-refractivity contribution < 1.29 is 4.74 Å². The van der Waals surface area contributed by atoms with Crippen molar-refractivity contribution in [1.82, 2.24) is 0 Å². The number of ether oxygens (including phenoxy) is 1. The molecule has 1 unspecified atom stereocenters. The van der Waals surface area contributed by atoms with Gasteiger partial charge in [0.1, 0.15) is 12.4 Å². The van der Waals surface area contributed by atoms with Gasteiger partial charge in [-0.2, -0.15) is 0 Å². The molecule has 1 aliphatic rings. The molecule has 0 saturated carbocycles. The third-order valence-corrected chi connectivity index (χ3v) is 4.39. The lowest BCUT2D eigenvalue weighted by Gasteiger charge is -2.23. The number of hydrogen-bond acceptors (Lipinski definition) is 4. The van der Waals surface area contributed by atoms with Crippen LogP contribution in [0.25, 0.3) is 0 Å². The third-order valence-electron chi connectivity index (χ3n) is 4.39. The highest BCUT2D eigenvalue weighted by Gasteiger charge is 2.45. The van der Waals surface area contributed by atoms with E-state index < -0.39 is 5.54 Å². The van der Waals surface area contributed by atoms with Crippen molar-refractivity contribution in [2.24, 2.45) is 5.18 Å². The van der Waals surface area contributed by atoms with E-state index in [1.54, 1.807) is 0 Å². The van der Waals surface area contributed by atoms with Crippen molar-refractivity contribution in [1.29, 1.82) is 0 Å². The maximum atomic E-state index is 11.9. The van der Waals surface area contributed by atoms with Gasteiger partial charge >= 0.3 is 0 Å². The van der Waals surface area contributed by atoms with Crippen LogP contribution in [0.1, 0.15) is 37.3 Å². The van der Waals surface area contributed by atoms with Gasteiger partial charge in [0.15, 0.2) is 5.54 Å². The molecule has 0 spiro atoms. The van der Waals surface area contributed by atoms with E-state index in [1.807, 2.05) is 48.5 Å². The molecule has 1 aliphatic heterocycles. The molecule has 0 amide bonds. The highest BCUT2D eigenvalue weighted by atomic mass is 16.5. The number of rotatable bonds is 7. The van der Waals surface area contributed by atoms with Gasteiger partial charge in [-0.15, -0.1) is 4.91 Å². The third kappa shape index (κ3) is 2.81. The zero-order chi connectivity index (χ0) is 16.1. The number of benzene rings is 2. The molecule has 1 atom stereocenters. The van der Waals surface area contributed by atoms with Crippen LogP contribution in [0.4, 0.5) is 5.69 Å². The minimum atomic E-state index is -0.967. The van der Waals surface area contributed by atoms with Gasteiger partial charge in [-0.1, -0.05) is 56.2 Å². The number of nitroso groups, excluding NO2 is 1. The molecule has 1 N–H and O–H groups in total. The van der Waals surface area contributed by atoms with E-state index in [0.717, 1.165) is 35.5 Å². The number of nitrogens with one attached hydrogen (secondary N) is 1. The van der Waals surface area contributed by atoms with Crippen LogP contribution in [-0.4, -0.2) is 13.2 Å². The molecular formula is C19H22N2O2. The summed E-state index contributed by atoms with van der Waals surface area (Å²) < 4.78 is 5.74. The highest BCUT2D eigenvalue weighted by molar-refractivity contribution is 5.61. The van der Waals surface area contributed by atoms with Gasteiger partial charge in [0, 0.05) is 23.4 Å². The molecule has 0 aliphatic carbocycles. The molecule has 23 heavy (non-hydrogen) atoms. The van der Waals surface area contributed by atoms with Gasteiger partial charge in [0.25, 0.3) is 0 Å². The molecule has 0 saturated heterocycles. The standard InChI is InChI=1S/C19H22N2O2/c1-2-3-8-13-20-17-11-6-4-9-15(17)19(21-22)14-23-18-12-7-5-10-16(18)19/h4-7,9-12,20H,2-3,8,13-14H2,1H3. The Morgan fingerprint density at radius 1 is 1.09 bits per heavy atom. The largest absolute Gasteiger partial charge is 0.490 e. The Balaban J connectivity index is 1.96. The van der Waals surface area contributed by atoms with Gasteiger partial charge in [-0.05, 0) is 23.7 Å². The van der Waals surface area contributed by atoms with Crippen LogP contribution in [0.5, 0.6) is 5.75 Å². The fraction of sp³-hybridized carbons (Fsp3) is 0.368. The molecule has 0 radical (unpaired) electrons. The van der Waals surface area contributed by atoms with Crippen molar-refractivity contribution in [2.45, 2.75) is 31.7 Å². The Bertz CT molecular complexity index is 687. The summed E-state index contributed by atoms with van der Waals surface area (Å²) in [7, 11) is 0. The second-order valence-corrected chi connectivity index (χ2v) is 5.92. The molecule has 4 nitrogen and oxygen atoms in total. The summed E-state index contributed by atoms with van der Waals surface area (Å²) >= 11 is 0. The Morgan fingerprint density at radius 3 is 2.61 bits per heavy atom. The maximum absolute atomic E-state index is 11.9. The van der Waals surface area contributed by atoms with E-state index in [0.29, 0.717) is 0 Å². The van der Waals surface area contributed by atoms with Crippen LogP contribution >= 0.6 is 0 Å². The van der Waals surface area contributed by atoms with Crippen molar-refractivity contribution in [3.63, 3.8) is 0 Å². The van der Waals surface area contributed by atoms with E-state index in [-0.39, 0.29) is 6.61 Å². The van der Waals surface area contributed by atoms with E-state index >= 15 is 0 Å². The lowest BCUT2D eigenvalue weighted by atomic mass is 9.84. The summed E-state index contributed by atoms with van der Waals surface area (Å²) in [6.45, 7) is 3.33. The number of para-hydroxylation sites is 2. The Morgan fingerprint density at radius 2 is 1.83 bits per heavy atom. The Kier molecular flexibility index (Phi) is 4.60. The summed E-state index contributed by atoms with van der Waals surface area (Å²) in [5.41, 5.74) is 1.73. The second kappa shape index (κ2) is 6.82. The fourth-order valence-electron chi connectivity index (χ4n) is 3.14. The molecule has 120 valence electrons. The van der Waals surface area contributed by atoms with Crippen LogP contribution in [-0.2, 0) is 5.54 Å². The number of hydrogen-bond donors (Lipinski definition) is 1. The van der Waals surface area contributed by atoms with Crippen molar-refractivity contribution in [3.8, 4) is 5.75 Å². The van der Waals surface area contributed by atoms with Crippen LogP contribution < -0.4 is 10.1 Å². The summed E-state index contributed by atoms with van der Waals surface area (Å²) in [5, 5.41) is 6.98. The molecule has 0 aromatic heterocycles. The summed E-state index contributed by atoms with van der Waals surface area (Å²) in [6, 6.07) is 15.5. The van der Waals surface area contributed by atoms with Crippen LogP contribution in [0, 0.1) is 4.91 Å². The highest BCUT2D eigenvalue weighted by Crippen LogP contribution is 2.46. The first-order valence-corrected chi connectivity index (χ1v) is 8.22. The average Bonchev–Trinajstić information content (AvgIpc) is 2.99. The van der Waals surface area contributed by atoms with Crippen molar-refractivity contribution in [3.05, 3.63) is 64.6 Å². The van der Waals surface area contributed by atoms with Gasteiger partial charge in [0.2, 0.25) is 0 Å². The predicted octanol–water partition coefficient (Wildman–Crippen LogP) is 4.69. The van der Waals surface area contributed by atoms with Gasteiger partial charge < -0.3 is 10.1 Å². The van der Waals surface area contributed by atoms with Crippen LogP contribution in [0.2, 0.25) is 0 Å². The van der Waals surface area contributed by atoms with E-state index in [2.05, 4.69) is 17.4 Å². The number of unbranched alkanes of at least 4 members (excludes halogenated alkanes) is 2. The first-order valence-electron chi connectivity index (χ1n) is 8.22. The normalized spacial score (nSPS) is 19.0. The smallest absolute Gasteiger partial charge is 0.192 e. The number of anilines is 1. The first-order chi connectivity index (χ1) is 11.3. The minimum absolute atomic E-state index is 0.253. The molecule has 4 heteroatoms. The van der Waals surface area contributed by atoms with Crippen molar-refractivity contribution >= 4 is 5.69 Å². The number of nitrogens with zero attached hydrogens (tertiary/aromatic N) is 1. The molecule has 2 aromatic rings. The second-order valence-electron chi connectivity index (χ2n) is 5.92. The summed E-state index contributed by atoms with van der Waals surface area (Å²) in [5.74, 6) is 0.743. The zero-order valence-electron chi connectivity index (χ0n) is 13.4. The van der Waals surface area contributed by atoms with Gasteiger partial charge in [-0.3, -0.25) is 0 Å². The zero-order valence-corrected chi connectivity index (χ0v) is 13.4. The summed E-state index contributed by atoms with van der Waals surface area (Å²) in [6.07, 6.45) is 3.49. The topological polar surface area (TPSA) is 50.7 Å². The number of fused-ring (bicyclic) bond motifs is 1. The molecule has 0 bridgehead atoms. The quantitative estimate of drug-likeness (QED) is 0.596. The van der Waals surface area contributed by atoms with E-state index in [4.69, 9.17) is 4.74 Å². The first kappa shape index (κ1) is 15.5. The predicted molar refractivity (Wildman–Crippen MR) is 93.0 cm³/mol. The van der Waals surface area contributed by atoms with Crippen LogP contribution in [0.3, 0.4) is 0 Å². The maximum Gasteiger partial charge on any atom is 0.192 e. The SMILES string of the molecule is CCCCCNc1ccccc1C1(N=O)COc2ccccc21. The van der Waals surface area contributed by atoms with E-state index in [9.17, 15) is 4.91 Å². The molecular weight excluding hydrogens is 288 g/mol. The average molecular weight is 310 g/mol. The molecule has 1 heterocycles. The van der Waals surface area contributed by atoms with E-state index in [1.165, 1.54) is 12.8 Å². The molecule has 2 aromatic carbocycles. The lowest BCUT2D eigenvalue weighted by Crippen LogP contribution is -2.28. The lowest BCUT2D eigenvalue weighted by molar-refractivity contribution is 0.296. The van der Waals surface area contributed by atoms with Crippen LogP contribution in [0.15, 0.2) is 53.7 Å². The van der Waals surface area contributed by atoms with Gasteiger partial charge in [-0.25, -0.2) is 0 Å². The van der Waals surface area contributed by atoms with Gasteiger partial charge in [0.05, 0.1) is 0 Å².